The van der Waals surface area contributed by atoms with E-state index in [1.165, 1.54) is 11.1 Å². The van der Waals surface area contributed by atoms with E-state index in [9.17, 15) is 9.90 Å². The van der Waals surface area contributed by atoms with Gasteiger partial charge in [-0.15, -0.1) is 0 Å². The van der Waals surface area contributed by atoms with Crippen molar-refractivity contribution in [2.75, 3.05) is 0 Å². The third-order valence-corrected chi connectivity index (χ3v) is 8.25. The Hall–Kier alpha value is -3.79. The van der Waals surface area contributed by atoms with Gasteiger partial charge in [0.05, 0.1) is 11.1 Å². The Bertz CT molecular complexity index is 1610. The molecule has 4 heteroatoms. The summed E-state index contributed by atoms with van der Waals surface area (Å²) in [5.41, 5.74) is 6.30. The second kappa shape index (κ2) is 10.5. The fourth-order valence-electron chi connectivity index (χ4n) is 5.31. The molecule has 5 rings (SSSR count). The van der Waals surface area contributed by atoms with Crippen molar-refractivity contribution in [1.29, 1.82) is 0 Å². The lowest BCUT2D eigenvalue weighted by Crippen LogP contribution is -2.32. The summed E-state index contributed by atoms with van der Waals surface area (Å²) in [5.74, 6) is 2.93. The fourth-order valence-corrected chi connectivity index (χ4v) is 5.31. The molecule has 2 aromatic carbocycles. The minimum atomic E-state index is -0.222. The first-order valence-electron chi connectivity index (χ1n) is 15.0. The van der Waals surface area contributed by atoms with E-state index >= 15 is 0 Å². The first-order chi connectivity index (χ1) is 19.5. The molecule has 1 N–H and O–H groups in total. The summed E-state index contributed by atoms with van der Waals surface area (Å²) >= 11 is 0. The van der Waals surface area contributed by atoms with Gasteiger partial charge in [0.25, 0.3) is 0 Å². The Balaban J connectivity index is 1.60. The van der Waals surface area contributed by atoms with Crippen molar-refractivity contribution >= 4 is 16.9 Å². The van der Waals surface area contributed by atoms with E-state index in [0.29, 0.717) is 23.0 Å². The highest BCUT2D eigenvalue weighted by Crippen LogP contribution is 2.44. The number of allylic oxidation sites excluding steroid dienone is 8. The van der Waals surface area contributed by atoms with Gasteiger partial charge in [0.2, 0.25) is 5.78 Å². The molecule has 2 aliphatic heterocycles. The summed E-state index contributed by atoms with van der Waals surface area (Å²) in [4.78, 5) is 13.6. The number of hydrogen-bond acceptors (Lipinski definition) is 4. The standard InChI is InChI=1S/C38H44O4/c1-21(2)23-11-13-31-27(15-23)25(19-33(41-31)37(5,6)7)17-29-35(39)30(36(29)40)18-26-20-34(38(8,9)10)42-32-14-12-24(22(3)4)16-28(26)32/h11-22,33,39H,1-10H3/b26-18+,29-17?. The maximum Gasteiger partial charge on any atom is 0.200 e. The third-order valence-electron chi connectivity index (χ3n) is 8.25. The molecule has 3 aliphatic rings. The average Bonchev–Trinajstić information content (AvgIpc) is 2.92. The number of carbonyl (C=O) groups excluding carboxylic acids is 1. The largest absolute Gasteiger partial charge is 0.506 e. The topological polar surface area (TPSA) is 55.8 Å². The molecule has 0 aromatic heterocycles. The normalized spacial score (nSPS) is 20.7. The number of aliphatic hydroxyl groups is 1. The number of rotatable bonds is 4. The summed E-state index contributed by atoms with van der Waals surface area (Å²) in [7, 11) is 0. The van der Waals surface area contributed by atoms with Crippen LogP contribution in [-0.4, -0.2) is 17.0 Å². The Morgan fingerprint density at radius 3 is 1.98 bits per heavy atom. The monoisotopic (exact) mass is 564 g/mol. The van der Waals surface area contributed by atoms with E-state index in [-0.39, 0.29) is 28.5 Å². The predicted octanol–water partition coefficient (Wildman–Crippen LogP) is 9.85. The van der Waals surface area contributed by atoms with Crippen molar-refractivity contribution in [2.24, 2.45) is 10.8 Å². The second-order valence-corrected chi connectivity index (χ2v) is 14.5. The van der Waals surface area contributed by atoms with Crippen LogP contribution in [0.25, 0.3) is 11.1 Å². The molecule has 1 aliphatic carbocycles. The van der Waals surface area contributed by atoms with E-state index in [1.54, 1.807) is 0 Å². The lowest BCUT2D eigenvalue weighted by atomic mass is 9.80. The molecule has 0 amide bonds. The summed E-state index contributed by atoms with van der Waals surface area (Å²) in [6.07, 6.45) is 7.55. The molecule has 2 heterocycles. The molecule has 0 fully saturated rings. The zero-order chi connectivity index (χ0) is 30.7. The van der Waals surface area contributed by atoms with Gasteiger partial charge in [-0.2, -0.15) is 0 Å². The van der Waals surface area contributed by atoms with Crippen molar-refractivity contribution in [3.8, 4) is 11.5 Å². The molecule has 220 valence electrons. The Morgan fingerprint density at radius 1 is 0.833 bits per heavy atom. The number of carbonyl (C=O) groups is 1. The van der Waals surface area contributed by atoms with Crippen LogP contribution in [0.15, 0.2) is 83.4 Å². The quantitative estimate of drug-likeness (QED) is 0.376. The Kier molecular flexibility index (Phi) is 7.41. The van der Waals surface area contributed by atoms with Crippen LogP contribution >= 0.6 is 0 Å². The van der Waals surface area contributed by atoms with Crippen LogP contribution in [0.4, 0.5) is 0 Å². The fraction of sp³-hybridized carbons (Fsp3) is 0.395. The van der Waals surface area contributed by atoms with Crippen LogP contribution < -0.4 is 9.47 Å². The van der Waals surface area contributed by atoms with Crippen LogP contribution in [0, 0.1) is 10.8 Å². The minimum absolute atomic E-state index is 0.0209. The van der Waals surface area contributed by atoms with Gasteiger partial charge in [-0.05, 0) is 82.7 Å². The summed E-state index contributed by atoms with van der Waals surface area (Å²) in [6.45, 7) is 21.4. The Morgan fingerprint density at radius 2 is 1.43 bits per heavy atom. The van der Waals surface area contributed by atoms with Crippen molar-refractivity contribution in [3.05, 3.63) is 106 Å². The number of ether oxygens (including phenoxy) is 2. The van der Waals surface area contributed by atoms with Crippen LogP contribution in [0.3, 0.4) is 0 Å². The smallest absolute Gasteiger partial charge is 0.200 e. The third kappa shape index (κ3) is 5.52. The molecule has 0 radical (unpaired) electrons. The predicted molar refractivity (Wildman–Crippen MR) is 172 cm³/mol. The molecule has 1 unspecified atom stereocenters. The van der Waals surface area contributed by atoms with Crippen LogP contribution in [0.5, 0.6) is 11.5 Å². The highest BCUT2D eigenvalue weighted by Gasteiger charge is 2.36. The number of hydrogen-bond donors (Lipinski definition) is 1. The van der Waals surface area contributed by atoms with Crippen molar-refractivity contribution in [2.45, 2.75) is 87.2 Å². The number of fused-ring (bicyclic) bond motifs is 2. The molecule has 42 heavy (non-hydrogen) atoms. The molecule has 2 aromatic rings. The lowest BCUT2D eigenvalue weighted by molar-refractivity contribution is -0.113. The van der Waals surface area contributed by atoms with Gasteiger partial charge >= 0.3 is 0 Å². The first kappa shape index (κ1) is 29.7. The molecule has 0 saturated heterocycles. The van der Waals surface area contributed by atoms with Gasteiger partial charge in [0.1, 0.15) is 29.1 Å². The maximum atomic E-state index is 13.6. The van der Waals surface area contributed by atoms with Crippen molar-refractivity contribution < 1.29 is 19.4 Å². The lowest BCUT2D eigenvalue weighted by Gasteiger charge is -2.34. The van der Waals surface area contributed by atoms with E-state index in [4.69, 9.17) is 9.47 Å². The molecule has 1 atom stereocenters. The van der Waals surface area contributed by atoms with E-state index in [1.807, 2.05) is 30.4 Å². The Labute approximate surface area is 251 Å². The summed E-state index contributed by atoms with van der Waals surface area (Å²) in [6, 6.07) is 12.5. The van der Waals surface area contributed by atoms with Crippen LogP contribution in [0.2, 0.25) is 0 Å². The highest BCUT2D eigenvalue weighted by molar-refractivity contribution is 6.22. The van der Waals surface area contributed by atoms with Gasteiger partial charge in [-0.3, -0.25) is 4.79 Å². The second-order valence-electron chi connectivity index (χ2n) is 14.5. The van der Waals surface area contributed by atoms with Crippen LogP contribution in [-0.2, 0) is 4.79 Å². The highest BCUT2D eigenvalue weighted by atomic mass is 16.5. The van der Waals surface area contributed by atoms with Gasteiger partial charge in [0.15, 0.2) is 0 Å². The van der Waals surface area contributed by atoms with E-state index < -0.39 is 0 Å². The number of benzene rings is 2. The van der Waals surface area contributed by atoms with E-state index in [0.717, 1.165) is 39.5 Å². The van der Waals surface area contributed by atoms with Gasteiger partial charge < -0.3 is 14.6 Å². The molecule has 4 nitrogen and oxygen atoms in total. The minimum Gasteiger partial charge on any atom is -0.506 e. The number of aliphatic hydroxyl groups excluding tert-OH is 1. The SMILES string of the molecule is CC(C)c1ccc2c(c1)C(C=C1C(=O)C(/C=C3\C=C(C(C)(C)C)Oc4ccc(C(C)C)cc43)=C1O)=CC(C(C)(C)C)O2. The maximum absolute atomic E-state index is 13.6. The zero-order valence-corrected chi connectivity index (χ0v) is 26.7. The molecular formula is C38H44O4. The number of ketones is 1. The van der Waals surface area contributed by atoms with Crippen molar-refractivity contribution in [3.63, 3.8) is 0 Å². The van der Waals surface area contributed by atoms with Crippen molar-refractivity contribution in [1.82, 2.24) is 0 Å². The molecule has 0 saturated carbocycles. The summed E-state index contributed by atoms with van der Waals surface area (Å²) < 4.78 is 12.7. The molecule has 0 bridgehead atoms. The number of Topliss-reactive ketones (excluding diaryl/α,β-unsaturated/α-hetero) is 1. The molecular weight excluding hydrogens is 520 g/mol. The zero-order valence-electron chi connectivity index (χ0n) is 26.7. The van der Waals surface area contributed by atoms with Crippen LogP contribution in [0.1, 0.15) is 103 Å². The first-order valence-corrected chi connectivity index (χ1v) is 15.0. The van der Waals surface area contributed by atoms with Gasteiger partial charge in [0, 0.05) is 22.0 Å². The van der Waals surface area contributed by atoms with Gasteiger partial charge in [-0.25, -0.2) is 0 Å². The molecule has 0 spiro atoms. The van der Waals surface area contributed by atoms with E-state index in [2.05, 4.69) is 99.6 Å². The average molecular weight is 565 g/mol. The van der Waals surface area contributed by atoms with Gasteiger partial charge in [-0.1, -0.05) is 81.4 Å². The summed E-state index contributed by atoms with van der Waals surface area (Å²) in [5, 5.41) is 11.3.